The number of thioether (sulfide) groups is 1. The van der Waals surface area contributed by atoms with Crippen molar-refractivity contribution < 1.29 is 22.7 Å². The van der Waals surface area contributed by atoms with E-state index in [9.17, 15) is 13.2 Å². The maximum absolute atomic E-state index is 13.0. The van der Waals surface area contributed by atoms with Crippen molar-refractivity contribution in [3.63, 3.8) is 0 Å². The van der Waals surface area contributed by atoms with Crippen LogP contribution in [0.1, 0.15) is 12.8 Å². The van der Waals surface area contributed by atoms with E-state index in [-0.39, 0.29) is 29.6 Å². The van der Waals surface area contributed by atoms with Crippen molar-refractivity contribution >= 4 is 44.2 Å². The van der Waals surface area contributed by atoms with Crippen LogP contribution < -0.4 is 14.8 Å². The number of hydrogen-bond acceptors (Lipinski definition) is 10. The lowest BCUT2D eigenvalue weighted by molar-refractivity contribution is -0.129. The van der Waals surface area contributed by atoms with Gasteiger partial charge in [-0.25, -0.2) is 8.42 Å². The zero-order valence-corrected chi connectivity index (χ0v) is 19.7. The molecule has 32 heavy (non-hydrogen) atoms. The van der Waals surface area contributed by atoms with Gasteiger partial charge in [0.05, 0.1) is 10.6 Å². The first kappa shape index (κ1) is 21.7. The van der Waals surface area contributed by atoms with Crippen molar-refractivity contribution in [3.05, 3.63) is 18.2 Å². The summed E-state index contributed by atoms with van der Waals surface area (Å²) in [5.74, 6) is 1.22. The van der Waals surface area contributed by atoms with Gasteiger partial charge in [-0.15, -0.1) is 10.2 Å². The average molecular weight is 498 g/mol. The third-order valence-electron chi connectivity index (χ3n) is 5.37. The van der Waals surface area contributed by atoms with Crippen molar-refractivity contribution in [2.75, 3.05) is 50.5 Å². The van der Waals surface area contributed by atoms with Crippen molar-refractivity contribution in [2.24, 2.45) is 0 Å². The van der Waals surface area contributed by atoms with Crippen LogP contribution in [-0.2, 0) is 14.8 Å². The van der Waals surface area contributed by atoms with Gasteiger partial charge in [-0.05, 0) is 25.0 Å². The molecule has 13 heteroatoms. The number of hydrogen-bond donors (Lipinski definition) is 1. The largest absolute Gasteiger partial charge is 0.486 e. The number of amides is 1. The summed E-state index contributed by atoms with van der Waals surface area (Å²) in [6, 6.07) is 5.17. The topological polar surface area (TPSA) is 114 Å². The van der Waals surface area contributed by atoms with Gasteiger partial charge < -0.3 is 19.7 Å². The number of nitrogens with zero attached hydrogens (tertiary/aromatic N) is 4. The fourth-order valence-corrected chi connectivity index (χ4v) is 6.62. The van der Waals surface area contributed by atoms with Crippen LogP contribution in [0, 0.1) is 0 Å². The summed E-state index contributed by atoms with van der Waals surface area (Å²) < 4.78 is 39.2. The molecule has 2 fully saturated rings. The van der Waals surface area contributed by atoms with Gasteiger partial charge in [-0.2, -0.15) is 4.31 Å². The normalized spacial score (nSPS) is 19.1. The van der Waals surface area contributed by atoms with Crippen LogP contribution in [0.2, 0.25) is 0 Å². The van der Waals surface area contributed by atoms with Crippen molar-refractivity contribution in [2.45, 2.75) is 28.1 Å². The number of sulfonamides is 1. The van der Waals surface area contributed by atoms with Gasteiger partial charge in [0.1, 0.15) is 13.2 Å². The van der Waals surface area contributed by atoms with Crippen molar-refractivity contribution in [1.29, 1.82) is 0 Å². The number of ether oxygens (including phenoxy) is 2. The molecule has 0 atom stereocenters. The van der Waals surface area contributed by atoms with E-state index in [0.29, 0.717) is 43.8 Å². The molecule has 1 saturated carbocycles. The lowest BCUT2D eigenvalue weighted by Gasteiger charge is -2.34. The number of carbonyl (C=O) groups excluding carboxylic acids is 1. The van der Waals surface area contributed by atoms with Crippen LogP contribution in [0.3, 0.4) is 0 Å². The Bertz CT molecular complexity index is 1100. The second-order valence-electron chi connectivity index (χ2n) is 7.67. The monoisotopic (exact) mass is 497 g/mol. The summed E-state index contributed by atoms with van der Waals surface area (Å²) in [6.45, 7) is 2.06. The molecular formula is C19H23N5O5S3. The number of nitrogens with one attached hydrogen (secondary N) is 1. The Labute approximate surface area is 194 Å². The molecule has 2 aromatic rings. The lowest BCUT2D eigenvalue weighted by Crippen LogP contribution is -2.50. The number of aromatic nitrogens is 2. The smallest absolute Gasteiger partial charge is 0.243 e. The summed E-state index contributed by atoms with van der Waals surface area (Å²) in [6.07, 6.45) is 2.33. The van der Waals surface area contributed by atoms with E-state index in [1.165, 1.54) is 39.5 Å². The van der Waals surface area contributed by atoms with Gasteiger partial charge in [0, 0.05) is 38.3 Å². The zero-order chi connectivity index (χ0) is 22.1. The number of fused-ring (bicyclic) bond motifs is 1. The van der Waals surface area contributed by atoms with Crippen molar-refractivity contribution in [3.8, 4) is 11.5 Å². The summed E-state index contributed by atoms with van der Waals surface area (Å²) in [4.78, 5) is 14.5. The quantitative estimate of drug-likeness (QED) is 0.569. The van der Waals surface area contributed by atoms with E-state index < -0.39 is 10.0 Å². The Morgan fingerprint density at radius 1 is 1.12 bits per heavy atom. The number of rotatable bonds is 7. The molecule has 1 aliphatic carbocycles. The maximum Gasteiger partial charge on any atom is 0.243 e. The molecule has 10 nitrogen and oxygen atoms in total. The number of carbonyl (C=O) groups is 1. The molecule has 3 heterocycles. The maximum atomic E-state index is 13.0. The highest BCUT2D eigenvalue weighted by molar-refractivity contribution is 8.01. The fraction of sp³-hybridized carbons (Fsp3) is 0.526. The van der Waals surface area contributed by atoms with Crippen LogP contribution in [-0.4, -0.2) is 84.9 Å². The standard InChI is InChI=1S/C19H23N5O5S3/c25-17(12-30-19-22-21-18(31-19)20-13-1-2-13)23-5-7-24(8-6-23)32(26,27)14-3-4-15-16(11-14)29-10-9-28-15/h3-4,11,13H,1-2,5-10,12H2,(H,20,21). The predicted molar refractivity (Wildman–Crippen MR) is 120 cm³/mol. The zero-order valence-electron chi connectivity index (χ0n) is 17.2. The van der Waals surface area contributed by atoms with E-state index in [4.69, 9.17) is 9.47 Å². The van der Waals surface area contributed by atoms with E-state index in [1.807, 2.05) is 0 Å². The number of anilines is 1. The molecule has 0 unspecified atom stereocenters. The van der Waals surface area contributed by atoms with E-state index in [2.05, 4.69) is 15.5 Å². The highest BCUT2D eigenvalue weighted by Gasteiger charge is 2.31. The van der Waals surface area contributed by atoms with E-state index in [1.54, 1.807) is 11.0 Å². The molecule has 1 aromatic carbocycles. The van der Waals surface area contributed by atoms with Crippen LogP contribution >= 0.6 is 23.1 Å². The summed E-state index contributed by atoms with van der Waals surface area (Å²) in [5.41, 5.74) is 0. The van der Waals surface area contributed by atoms with Crippen LogP contribution in [0.5, 0.6) is 11.5 Å². The average Bonchev–Trinajstić information content (AvgIpc) is 3.52. The fourth-order valence-electron chi connectivity index (χ4n) is 3.45. The SMILES string of the molecule is O=C(CSc1nnc(NC2CC2)s1)N1CCN(S(=O)(=O)c2ccc3c(c2)OCCO3)CC1. The van der Waals surface area contributed by atoms with Gasteiger partial charge in [-0.3, -0.25) is 4.79 Å². The third kappa shape index (κ3) is 4.80. The molecule has 1 saturated heterocycles. The van der Waals surface area contributed by atoms with E-state index >= 15 is 0 Å². The van der Waals surface area contributed by atoms with Gasteiger partial charge in [0.2, 0.25) is 21.1 Å². The molecule has 0 bridgehead atoms. The Balaban J connectivity index is 1.14. The van der Waals surface area contributed by atoms with Crippen LogP contribution in [0.4, 0.5) is 5.13 Å². The first-order valence-electron chi connectivity index (χ1n) is 10.4. The van der Waals surface area contributed by atoms with Gasteiger partial charge in [-0.1, -0.05) is 23.1 Å². The van der Waals surface area contributed by atoms with Crippen LogP contribution in [0.15, 0.2) is 27.4 Å². The molecule has 2 aliphatic heterocycles. The number of piperazine rings is 1. The van der Waals surface area contributed by atoms with Gasteiger partial charge >= 0.3 is 0 Å². The minimum Gasteiger partial charge on any atom is -0.486 e. The molecule has 3 aliphatic rings. The molecule has 1 aromatic heterocycles. The second-order valence-corrected chi connectivity index (χ2v) is 11.8. The summed E-state index contributed by atoms with van der Waals surface area (Å²) in [5, 5.41) is 12.3. The Kier molecular flexibility index (Phi) is 6.14. The Morgan fingerprint density at radius 3 is 2.62 bits per heavy atom. The molecule has 0 radical (unpaired) electrons. The molecule has 0 spiro atoms. The summed E-state index contributed by atoms with van der Waals surface area (Å²) >= 11 is 2.82. The molecule has 5 rings (SSSR count). The lowest BCUT2D eigenvalue weighted by atomic mass is 10.3. The highest BCUT2D eigenvalue weighted by atomic mass is 32.2. The Morgan fingerprint density at radius 2 is 1.88 bits per heavy atom. The number of benzene rings is 1. The highest BCUT2D eigenvalue weighted by Crippen LogP contribution is 2.33. The third-order valence-corrected chi connectivity index (χ3v) is 9.24. The second kappa shape index (κ2) is 9.04. The summed E-state index contributed by atoms with van der Waals surface area (Å²) in [7, 11) is -3.67. The molecular weight excluding hydrogens is 474 g/mol. The van der Waals surface area contributed by atoms with Gasteiger partial charge in [0.15, 0.2) is 15.8 Å². The molecule has 1 amide bonds. The van der Waals surface area contributed by atoms with Crippen molar-refractivity contribution in [1.82, 2.24) is 19.4 Å². The van der Waals surface area contributed by atoms with Gasteiger partial charge in [0.25, 0.3) is 0 Å². The first-order chi connectivity index (χ1) is 15.5. The minimum atomic E-state index is -3.67. The first-order valence-corrected chi connectivity index (χ1v) is 13.6. The Hall–Kier alpha value is -2.09. The van der Waals surface area contributed by atoms with Crippen LogP contribution in [0.25, 0.3) is 0 Å². The predicted octanol–water partition coefficient (Wildman–Crippen LogP) is 1.51. The molecule has 1 N–H and O–H groups in total. The van der Waals surface area contributed by atoms with E-state index in [0.717, 1.165) is 22.3 Å². The minimum absolute atomic E-state index is 0.0294. The molecule has 172 valence electrons.